The van der Waals surface area contributed by atoms with Gasteiger partial charge < -0.3 is 9.53 Å². The van der Waals surface area contributed by atoms with Crippen LogP contribution >= 0.6 is 0 Å². The van der Waals surface area contributed by atoms with E-state index in [2.05, 4.69) is 13.8 Å². The molecule has 1 heterocycles. The molecule has 0 aromatic heterocycles. The monoisotopic (exact) mass is 156 g/mol. The molecule has 64 valence electrons. The Morgan fingerprint density at radius 1 is 1.64 bits per heavy atom. The Morgan fingerprint density at radius 2 is 2.36 bits per heavy atom. The third-order valence-electron chi connectivity index (χ3n) is 2.29. The predicted molar refractivity (Wildman–Crippen MR) is 43.4 cm³/mol. The first-order chi connectivity index (χ1) is 5.14. The van der Waals surface area contributed by atoms with Crippen molar-refractivity contribution in [3.05, 3.63) is 0 Å². The van der Waals surface area contributed by atoms with Crippen LogP contribution in [0, 0.1) is 5.92 Å². The van der Waals surface area contributed by atoms with Crippen LogP contribution in [-0.4, -0.2) is 18.5 Å². The molecule has 1 saturated heterocycles. The Hall–Kier alpha value is -0.370. The molecule has 0 aliphatic carbocycles. The lowest BCUT2D eigenvalue weighted by molar-refractivity contribution is -0.113. The maximum Gasteiger partial charge on any atom is 0.120 e. The number of ether oxygens (including phenoxy) is 1. The summed E-state index contributed by atoms with van der Waals surface area (Å²) in [5, 5.41) is 0. The van der Waals surface area contributed by atoms with Crippen molar-refractivity contribution in [1.29, 1.82) is 0 Å². The second-order valence-corrected chi connectivity index (χ2v) is 3.88. The van der Waals surface area contributed by atoms with Crippen LogP contribution in [0.15, 0.2) is 0 Å². The first kappa shape index (κ1) is 8.72. The summed E-state index contributed by atoms with van der Waals surface area (Å²) in [6.07, 6.45) is 3.86. The molecule has 1 aliphatic heterocycles. The minimum Gasteiger partial charge on any atom is -0.375 e. The van der Waals surface area contributed by atoms with E-state index in [4.69, 9.17) is 4.74 Å². The van der Waals surface area contributed by atoms with Gasteiger partial charge in [-0.1, -0.05) is 0 Å². The number of hydrogen-bond donors (Lipinski definition) is 0. The minimum atomic E-state index is 0.0411. The molecule has 1 unspecified atom stereocenters. The van der Waals surface area contributed by atoms with Crippen molar-refractivity contribution in [3.8, 4) is 0 Å². The first-order valence-corrected chi connectivity index (χ1v) is 4.22. The van der Waals surface area contributed by atoms with E-state index >= 15 is 0 Å². The highest BCUT2D eigenvalue weighted by Crippen LogP contribution is 2.28. The third kappa shape index (κ3) is 2.62. The zero-order chi connectivity index (χ0) is 8.32. The van der Waals surface area contributed by atoms with Crippen molar-refractivity contribution in [2.45, 2.75) is 38.7 Å². The number of aldehydes is 1. The van der Waals surface area contributed by atoms with Crippen molar-refractivity contribution in [2.75, 3.05) is 6.61 Å². The van der Waals surface area contributed by atoms with Gasteiger partial charge in [0.05, 0.1) is 12.2 Å². The van der Waals surface area contributed by atoms with Crippen molar-refractivity contribution in [3.63, 3.8) is 0 Å². The van der Waals surface area contributed by atoms with Crippen LogP contribution in [0.25, 0.3) is 0 Å². The molecule has 1 rings (SSSR count). The Morgan fingerprint density at radius 3 is 2.82 bits per heavy atom. The number of hydrogen-bond acceptors (Lipinski definition) is 2. The van der Waals surface area contributed by atoms with E-state index in [-0.39, 0.29) is 5.60 Å². The number of carbonyl (C=O) groups is 1. The normalized spacial score (nSPS) is 29.8. The fraction of sp³-hybridized carbons (Fsp3) is 0.889. The molecule has 2 heteroatoms. The molecule has 0 saturated carbocycles. The van der Waals surface area contributed by atoms with Gasteiger partial charge in [0.1, 0.15) is 6.29 Å². The quantitative estimate of drug-likeness (QED) is 0.570. The summed E-state index contributed by atoms with van der Waals surface area (Å²) in [7, 11) is 0. The third-order valence-corrected chi connectivity index (χ3v) is 2.29. The van der Waals surface area contributed by atoms with Crippen LogP contribution in [0.1, 0.15) is 33.1 Å². The van der Waals surface area contributed by atoms with Crippen LogP contribution in [0.2, 0.25) is 0 Å². The van der Waals surface area contributed by atoms with Crippen LogP contribution in [0.4, 0.5) is 0 Å². The molecule has 1 aliphatic rings. The average molecular weight is 156 g/mol. The highest BCUT2D eigenvalue weighted by Gasteiger charge is 2.26. The molecule has 11 heavy (non-hydrogen) atoms. The summed E-state index contributed by atoms with van der Waals surface area (Å²) in [5.41, 5.74) is 0.0411. The lowest BCUT2D eigenvalue weighted by atomic mass is 9.90. The van der Waals surface area contributed by atoms with Gasteiger partial charge in [0, 0.05) is 6.42 Å². The molecule has 2 nitrogen and oxygen atoms in total. The molecule has 0 radical (unpaired) electrons. The molecule has 0 spiro atoms. The van der Waals surface area contributed by atoms with E-state index in [1.165, 1.54) is 0 Å². The van der Waals surface area contributed by atoms with Crippen molar-refractivity contribution < 1.29 is 9.53 Å². The van der Waals surface area contributed by atoms with E-state index in [1.807, 2.05) is 0 Å². The van der Waals surface area contributed by atoms with Gasteiger partial charge in [0.2, 0.25) is 0 Å². The highest BCUT2D eigenvalue weighted by molar-refractivity contribution is 5.49. The molecule has 1 fully saturated rings. The Bertz CT molecular complexity index is 130. The van der Waals surface area contributed by atoms with Crippen LogP contribution in [-0.2, 0) is 9.53 Å². The summed E-state index contributed by atoms with van der Waals surface area (Å²) in [4.78, 5) is 10.2. The smallest absolute Gasteiger partial charge is 0.120 e. The summed E-state index contributed by atoms with van der Waals surface area (Å²) >= 11 is 0. The zero-order valence-electron chi connectivity index (χ0n) is 7.30. The van der Waals surface area contributed by atoms with E-state index in [1.54, 1.807) is 0 Å². The minimum absolute atomic E-state index is 0.0411. The summed E-state index contributed by atoms with van der Waals surface area (Å²) in [5.74, 6) is 0.473. The van der Waals surface area contributed by atoms with Gasteiger partial charge in [-0.15, -0.1) is 0 Å². The van der Waals surface area contributed by atoms with Crippen LogP contribution in [0.5, 0.6) is 0 Å². The van der Waals surface area contributed by atoms with E-state index in [0.717, 1.165) is 25.7 Å². The number of carbonyl (C=O) groups excluding carboxylic acids is 1. The molecule has 1 atom stereocenters. The van der Waals surface area contributed by atoms with Crippen molar-refractivity contribution in [1.82, 2.24) is 0 Å². The molecule has 0 aromatic carbocycles. The van der Waals surface area contributed by atoms with Gasteiger partial charge in [-0.2, -0.15) is 0 Å². The zero-order valence-corrected chi connectivity index (χ0v) is 7.30. The predicted octanol–water partition coefficient (Wildman–Crippen LogP) is 1.78. The molecule has 0 bridgehead atoms. The lowest BCUT2D eigenvalue weighted by Crippen LogP contribution is -2.33. The fourth-order valence-corrected chi connectivity index (χ4v) is 1.37. The van der Waals surface area contributed by atoms with Gasteiger partial charge in [-0.05, 0) is 32.6 Å². The summed E-state index contributed by atoms with van der Waals surface area (Å²) < 4.78 is 5.57. The van der Waals surface area contributed by atoms with Gasteiger partial charge in [-0.25, -0.2) is 0 Å². The van der Waals surface area contributed by atoms with E-state index in [9.17, 15) is 4.79 Å². The Kier molecular flexibility index (Phi) is 2.66. The van der Waals surface area contributed by atoms with Gasteiger partial charge >= 0.3 is 0 Å². The summed E-state index contributed by atoms with van der Waals surface area (Å²) in [6, 6.07) is 0. The standard InChI is InChI=1S/C9H16O2/c1-9(2)5-3-8(4-6-10)7-11-9/h6,8H,3-5,7H2,1-2H3. The Labute approximate surface area is 67.9 Å². The second kappa shape index (κ2) is 3.35. The maximum atomic E-state index is 10.2. The fourth-order valence-electron chi connectivity index (χ4n) is 1.37. The molecular weight excluding hydrogens is 140 g/mol. The van der Waals surface area contributed by atoms with E-state index < -0.39 is 0 Å². The summed E-state index contributed by atoms with van der Waals surface area (Å²) in [6.45, 7) is 4.96. The van der Waals surface area contributed by atoms with E-state index in [0.29, 0.717) is 12.3 Å². The molecule has 0 aromatic rings. The average Bonchev–Trinajstić information content (AvgIpc) is 1.94. The van der Waals surface area contributed by atoms with Crippen molar-refractivity contribution >= 4 is 6.29 Å². The number of rotatable bonds is 2. The Balaban J connectivity index is 2.30. The SMILES string of the molecule is CC1(C)CCC(CC=O)CO1. The van der Waals surface area contributed by atoms with Gasteiger partial charge in [0.25, 0.3) is 0 Å². The molecule has 0 N–H and O–H groups in total. The largest absolute Gasteiger partial charge is 0.375 e. The maximum absolute atomic E-state index is 10.2. The first-order valence-electron chi connectivity index (χ1n) is 4.22. The van der Waals surface area contributed by atoms with Crippen LogP contribution < -0.4 is 0 Å². The van der Waals surface area contributed by atoms with Crippen molar-refractivity contribution in [2.24, 2.45) is 5.92 Å². The lowest BCUT2D eigenvalue weighted by Gasteiger charge is -2.34. The second-order valence-electron chi connectivity index (χ2n) is 3.88. The van der Waals surface area contributed by atoms with Crippen LogP contribution in [0.3, 0.4) is 0 Å². The molecule has 0 amide bonds. The topological polar surface area (TPSA) is 26.3 Å². The highest BCUT2D eigenvalue weighted by atomic mass is 16.5. The van der Waals surface area contributed by atoms with Gasteiger partial charge in [0.15, 0.2) is 0 Å². The molecular formula is C9H16O2. The van der Waals surface area contributed by atoms with Gasteiger partial charge in [-0.3, -0.25) is 0 Å².